The summed E-state index contributed by atoms with van der Waals surface area (Å²) < 4.78 is 6.16. The lowest BCUT2D eigenvalue weighted by molar-refractivity contribution is 0.406. The molecule has 1 atom stereocenters. The summed E-state index contributed by atoms with van der Waals surface area (Å²) in [5.74, 6) is 0.830. The Bertz CT molecular complexity index is 619. The van der Waals surface area contributed by atoms with Crippen molar-refractivity contribution < 1.29 is 9.84 Å². The summed E-state index contributed by atoms with van der Waals surface area (Å²) in [6.07, 6.45) is 0. The third-order valence-corrected chi connectivity index (χ3v) is 3.99. The largest absolute Gasteiger partial charge is 0.507 e. The molecule has 0 radical (unpaired) electrons. The van der Waals surface area contributed by atoms with Gasteiger partial charge in [0.2, 0.25) is 0 Å². The molecule has 2 N–H and O–H groups in total. The van der Waals surface area contributed by atoms with Gasteiger partial charge in [0.1, 0.15) is 11.5 Å². The van der Waals surface area contributed by atoms with E-state index in [2.05, 4.69) is 27.9 Å². The molecule has 2 rings (SSSR count). The van der Waals surface area contributed by atoms with E-state index in [1.54, 1.807) is 13.2 Å². The van der Waals surface area contributed by atoms with Crippen molar-refractivity contribution in [3.05, 3.63) is 50.6 Å². The summed E-state index contributed by atoms with van der Waals surface area (Å²) in [6, 6.07) is 11.0. The molecule has 0 aliphatic rings. The smallest absolute Gasteiger partial charge is 0.124 e. The molecule has 1 unspecified atom stereocenters. The molecule has 0 fully saturated rings. The number of anilines is 1. The number of hydrogen-bond acceptors (Lipinski definition) is 3. The maximum atomic E-state index is 10.0. The van der Waals surface area contributed by atoms with Gasteiger partial charge in [-0.2, -0.15) is 0 Å². The molecule has 0 aliphatic heterocycles. The third kappa shape index (κ3) is 3.49. The number of benzene rings is 2. The first-order valence-corrected chi connectivity index (χ1v) is 7.55. The fourth-order valence-corrected chi connectivity index (χ4v) is 2.84. The molecule has 2 aromatic carbocycles. The normalized spacial score (nSPS) is 12.0. The van der Waals surface area contributed by atoms with E-state index in [1.807, 2.05) is 37.3 Å². The van der Waals surface area contributed by atoms with Crippen LogP contribution in [0.25, 0.3) is 0 Å². The number of aromatic hydroxyl groups is 1. The van der Waals surface area contributed by atoms with E-state index >= 15 is 0 Å². The van der Waals surface area contributed by atoms with Crippen molar-refractivity contribution in [2.45, 2.75) is 13.0 Å². The Hall–Kier alpha value is -1.14. The second-order valence-electron chi connectivity index (χ2n) is 4.41. The van der Waals surface area contributed by atoms with Crippen molar-refractivity contribution >= 4 is 39.9 Å². The summed E-state index contributed by atoms with van der Waals surface area (Å²) in [5, 5.41) is 14.0. The quantitative estimate of drug-likeness (QED) is 0.718. The van der Waals surface area contributed by atoms with Gasteiger partial charge in [0.15, 0.2) is 0 Å². The number of phenols is 1. The minimum atomic E-state index is -0.0709. The zero-order valence-electron chi connectivity index (χ0n) is 11.2. The number of ether oxygens (including phenoxy) is 1. The Morgan fingerprint density at radius 3 is 2.60 bits per heavy atom. The lowest BCUT2D eigenvalue weighted by Crippen LogP contribution is -2.07. The molecule has 5 heteroatoms. The summed E-state index contributed by atoms with van der Waals surface area (Å²) in [7, 11) is 1.57. The lowest BCUT2D eigenvalue weighted by Gasteiger charge is -2.18. The van der Waals surface area contributed by atoms with Gasteiger partial charge in [-0.1, -0.05) is 11.6 Å². The fourth-order valence-electron chi connectivity index (χ4n) is 1.93. The molecule has 0 amide bonds. The Balaban J connectivity index is 2.21. The molecule has 20 heavy (non-hydrogen) atoms. The van der Waals surface area contributed by atoms with Crippen LogP contribution in [-0.4, -0.2) is 12.2 Å². The molecule has 0 heterocycles. The molecular formula is C15H15ClINO2. The highest BCUT2D eigenvalue weighted by Crippen LogP contribution is 2.32. The van der Waals surface area contributed by atoms with Crippen LogP contribution in [0.3, 0.4) is 0 Å². The van der Waals surface area contributed by atoms with E-state index in [0.717, 1.165) is 14.8 Å². The van der Waals surface area contributed by atoms with E-state index in [-0.39, 0.29) is 11.8 Å². The van der Waals surface area contributed by atoms with Gasteiger partial charge in [0.25, 0.3) is 0 Å². The van der Waals surface area contributed by atoms with E-state index < -0.39 is 0 Å². The summed E-state index contributed by atoms with van der Waals surface area (Å²) in [4.78, 5) is 0. The second kappa shape index (κ2) is 6.54. The first-order valence-electron chi connectivity index (χ1n) is 6.09. The summed E-state index contributed by atoms with van der Waals surface area (Å²) in [6.45, 7) is 1.97. The van der Waals surface area contributed by atoms with Crippen LogP contribution in [0.2, 0.25) is 5.02 Å². The monoisotopic (exact) mass is 403 g/mol. The van der Waals surface area contributed by atoms with Gasteiger partial charge < -0.3 is 15.2 Å². The third-order valence-electron chi connectivity index (χ3n) is 3.01. The molecule has 0 saturated heterocycles. The zero-order chi connectivity index (χ0) is 14.7. The number of hydrogen-bond donors (Lipinski definition) is 2. The van der Waals surface area contributed by atoms with Crippen molar-refractivity contribution in [2.24, 2.45) is 0 Å². The maximum absolute atomic E-state index is 10.0. The van der Waals surface area contributed by atoms with Gasteiger partial charge in [-0.05, 0) is 59.8 Å². The molecule has 3 nitrogen and oxygen atoms in total. The predicted molar refractivity (Wildman–Crippen MR) is 90.9 cm³/mol. The summed E-state index contributed by atoms with van der Waals surface area (Å²) >= 11 is 8.41. The van der Waals surface area contributed by atoms with Crippen molar-refractivity contribution in [2.75, 3.05) is 12.4 Å². The Kier molecular flexibility index (Phi) is 4.99. The SMILES string of the molecule is COc1ccc(C(C)Nc2ccc(I)cc2Cl)c(O)c1. The molecule has 2 aromatic rings. The van der Waals surface area contributed by atoms with Crippen LogP contribution in [0.4, 0.5) is 5.69 Å². The number of phenolic OH excluding ortho intramolecular Hbond substituents is 1. The molecule has 0 aliphatic carbocycles. The molecule has 0 saturated carbocycles. The first kappa shape index (κ1) is 15.3. The van der Waals surface area contributed by atoms with Crippen LogP contribution >= 0.6 is 34.2 Å². The van der Waals surface area contributed by atoms with Crippen LogP contribution in [0.5, 0.6) is 11.5 Å². The topological polar surface area (TPSA) is 41.5 Å². The van der Waals surface area contributed by atoms with Gasteiger partial charge in [0.05, 0.1) is 23.9 Å². The highest BCUT2D eigenvalue weighted by molar-refractivity contribution is 14.1. The van der Waals surface area contributed by atoms with Crippen LogP contribution in [-0.2, 0) is 0 Å². The van der Waals surface area contributed by atoms with E-state index in [9.17, 15) is 5.11 Å². The zero-order valence-corrected chi connectivity index (χ0v) is 14.1. The van der Waals surface area contributed by atoms with Crippen LogP contribution in [0.15, 0.2) is 36.4 Å². The molecule has 0 bridgehead atoms. The van der Waals surface area contributed by atoms with Gasteiger partial charge in [-0.15, -0.1) is 0 Å². The van der Waals surface area contributed by atoms with E-state index in [0.29, 0.717) is 10.8 Å². The number of methoxy groups -OCH3 is 1. The van der Waals surface area contributed by atoms with Crippen molar-refractivity contribution in [3.63, 3.8) is 0 Å². The standard InChI is InChI=1S/C15H15ClINO2/c1-9(12-5-4-11(20-2)8-15(12)19)18-14-6-3-10(17)7-13(14)16/h3-9,18-19H,1-2H3. The number of halogens is 2. The Morgan fingerprint density at radius 2 is 2.00 bits per heavy atom. The number of nitrogens with one attached hydrogen (secondary N) is 1. The minimum Gasteiger partial charge on any atom is -0.507 e. The molecule has 0 aromatic heterocycles. The van der Waals surface area contributed by atoms with Gasteiger partial charge in [-0.3, -0.25) is 0 Å². The van der Waals surface area contributed by atoms with Crippen molar-refractivity contribution in [3.8, 4) is 11.5 Å². The minimum absolute atomic E-state index is 0.0709. The Morgan fingerprint density at radius 1 is 1.25 bits per heavy atom. The van der Waals surface area contributed by atoms with Gasteiger partial charge in [0, 0.05) is 15.2 Å². The van der Waals surface area contributed by atoms with E-state index in [4.69, 9.17) is 16.3 Å². The fraction of sp³-hybridized carbons (Fsp3) is 0.200. The average Bonchev–Trinajstić information content (AvgIpc) is 2.41. The van der Waals surface area contributed by atoms with Crippen molar-refractivity contribution in [1.82, 2.24) is 0 Å². The summed E-state index contributed by atoms with van der Waals surface area (Å²) in [5.41, 5.74) is 1.63. The highest BCUT2D eigenvalue weighted by Gasteiger charge is 2.12. The average molecular weight is 404 g/mol. The molecule has 106 valence electrons. The predicted octanol–water partition coefficient (Wildman–Crippen LogP) is 4.83. The second-order valence-corrected chi connectivity index (χ2v) is 6.07. The highest BCUT2D eigenvalue weighted by atomic mass is 127. The van der Waals surface area contributed by atoms with Crippen LogP contribution < -0.4 is 10.1 Å². The van der Waals surface area contributed by atoms with E-state index in [1.165, 1.54) is 0 Å². The van der Waals surface area contributed by atoms with Crippen LogP contribution in [0.1, 0.15) is 18.5 Å². The molecule has 0 spiro atoms. The van der Waals surface area contributed by atoms with Crippen LogP contribution in [0, 0.1) is 3.57 Å². The van der Waals surface area contributed by atoms with Gasteiger partial charge >= 0.3 is 0 Å². The number of rotatable bonds is 4. The maximum Gasteiger partial charge on any atom is 0.124 e. The van der Waals surface area contributed by atoms with Gasteiger partial charge in [-0.25, -0.2) is 0 Å². The van der Waals surface area contributed by atoms with Crippen molar-refractivity contribution in [1.29, 1.82) is 0 Å². The first-order chi connectivity index (χ1) is 9.51. The molecular weight excluding hydrogens is 389 g/mol. The Labute approximate surface area is 137 Å². The lowest BCUT2D eigenvalue weighted by atomic mass is 10.1.